The number of guanidine groups is 1. The van der Waals surface area contributed by atoms with E-state index in [-0.39, 0.29) is 46.8 Å². The maximum absolute atomic E-state index is 13.8. The molecule has 3 saturated carbocycles. The van der Waals surface area contributed by atoms with E-state index in [9.17, 15) is 14.5 Å². The van der Waals surface area contributed by atoms with E-state index in [1.807, 2.05) is 0 Å². The summed E-state index contributed by atoms with van der Waals surface area (Å²) in [6, 6.07) is -0.732. The quantitative estimate of drug-likeness (QED) is 0.0580. The van der Waals surface area contributed by atoms with Crippen LogP contribution in [0.15, 0.2) is 4.99 Å². The molecule has 6 N–H and O–H groups in total. The molecule has 2 saturated heterocycles. The minimum atomic E-state index is -0.732. The van der Waals surface area contributed by atoms with Gasteiger partial charge in [0, 0.05) is 12.5 Å². The molecule has 2 bridgehead atoms. The molecule has 0 aromatic carbocycles. The number of hydrogen-bond acceptors (Lipinski definition) is 7. The van der Waals surface area contributed by atoms with E-state index in [0.29, 0.717) is 48.4 Å². The first-order valence-corrected chi connectivity index (χ1v) is 15.4. The van der Waals surface area contributed by atoms with Crippen LogP contribution in [0.2, 0.25) is 0 Å². The van der Waals surface area contributed by atoms with E-state index >= 15 is 0 Å². The highest BCUT2D eigenvalue weighted by Crippen LogP contribution is 2.65. The fourth-order valence-electron chi connectivity index (χ4n) is 7.43. The van der Waals surface area contributed by atoms with Crippen molar-refractivity contribution in [3.05, 3.63) is 4.91 Å². The third-order valence-electron chi connectivity index (χ3n) is 9.90. The predicted octanol–water partition coefficient (Wildman–Crippen LogP) is 1.28. The summed E-state index contributed by atoms with van der Waals surface area (Å²) >= 11 is 0. The molecule has 6 atom stereocenters. The minimum Gasteiger partial charge on any atom is -0.404 e. The molecule has 0 spiro atoms. The minimum absolute atomic E-state index is 0.00538. The summed E-state index contributed by atoms with van der Waals surface area (Å²) in [6.07, 6.45) is 5.23. The molecule has 13 heteroatoms. The van der Waals surface area contributed by atoms with Gasteiger partial charge in [-0.25, -0.2) is 4.99 Å². The monoisotopic (exact) mass is 576 g/mol. The standard InChI is InChI=1S/C28H50BN7O5/c1-17(2)14-23(29-40-22-16-19-15-21(27(19,3)4)28(22,5)41-29)34-25(38)20(8-7-11-32-26(30)35-36(6)39)33-24(37)18-9-12-31-13-10-18/h17-23,31H,7-16H2,1-6H3,(H4-,30,32,33,34,35,37,38,39)/p+1/t19-,20-,21-,22+,23-,28-/m0/s1. The summed E-state index contributed by atoms with van der Waals surface area (Å²) in [4.78, 5) is 42.7. The molecular weight excluding hydrogens is 525 g/mol. The highest BCUT2D eigenvalue weighted by molar-refractivity contribution is 6.48. The smallest absolute Gasteiger partial charge is 0.404 e. The second kappa shape index (κ2) is 13.0. The van der Waals surface area contributed by atoms with Crippen molar-refractivity contribution < 1.29 is 23.8 Å². The second-order valence-electron chi connectivity index (χ2n) is 13.7. The van der Waals surface area contributed by atoms with Crippen molar-refractivity contribution in [2.45, 2.75) is 103 Å². The van der Waals surface area contributed by atoms with E-state index in [4.69, 9.17) is 15.0 Å². The van der Waals surface area contributed by atoms with Crippen LogP contribution in [0.5, 0.6) is 0 Å². The molecule has 0 aromatic heterocycles. The van der Waals surface area contributed by atoms with Gasteiger partial charge in [0.05, 0.1) is 22.6 Å². The Kier molecular flexibility index (Phi) is 10.0. The topological polar surface area (TPSA) is 159 Å². The van der Waals surface area contributed by atoms with Crippen molar-refractivity contribution in [2.75, 3.05) is 26.7 Å². The molecule has 0 unspecified atom stereocenters. The molecule has 5 aliphatic rings. The Bertz CT molecular complexity index is 1000. The number of nitroso groups, excluding NO2 is 1. The number of aliphatic imine (C=N–C) groups is 1. The SMILES string of the molecule is CC(C)C[C@H](NC(=O)[C@H](CCCN=C(N)N[N+](C)=O)NC(=O)C1CCNCC1)B1O[C@@H]2C[C@@H]3C[C@@H](C3(C)C)[C@]2(C)O1. The Hall–Kier alpha value is -2.25. The van der Waals surface area contributed by atoms with Crippen molar-refractivity contribution in [1.29, 1.82) is 0 Å². The Morgan fingerprint density at radius 2 is 1.88 bits per heavy atom. The van der Waals surface area contributed by atoms with Gasteiger partial charge in [-0.15, -0.1) is 0 Å². The van der Waals surface area contributed by atoms with Crippen molar-refractivity contribution in [1.82, 2.24) is 21.4 Å². The molecular formula is C28H51BN7O5+. The van der Waals surface area contributed by atoms with Gasteiger partial charge in [0.25, 0.3) is 0 Å². The summed E-state index contributed by atoms with van der Waals surface area (Å²) in [6.45, 7) is 13.0. The van der Waals surface area contributed by atoms with Gasteiger partial charge >= 0.3 is 7.12 Å². The number of carbonyl (C=O) groups is 2. The van der Waals surface area contributed by atoms with Gasteiger partial charge in [0.15, 0.2) is 0 Å². The molecule has 12 nitrogen and oxygen atoms in total. The fraction of sp³-hybridized carbons (Fsp3) is 0.893. The first-order chi connectivity index (χ1) is 19.3. The van der Waals surface area contributed by atoms with E-state index in [1.54, 1.807) is 0 Å². The largest absolute Gasteiger partial charge is 0.481 e. The van der Waals surface area contributed by atoms with Gasteiger partial charge in [0.1, 0.15) is 10.9 Å². The van der Waals surface area contributed by atoms with Gasteiger partial charge in [-0.1, -0.05) is 33.1 Å². The van der Waals surface area contributed by atoms with Crippen LogP contribution in [0.3, 0.4) is 0 Å². The summed E-state index contributed by atoms with van der Waals surface area (Å²) in [5.41, 5.74) is 7.94. The lowest BCUT2D eigenvalue weighted by Crippen LogP contribution is -2.65. The first kappa shape index (κ1) is 31.7. The number of hydrazine groups is 1. The van der Waals surface area contributed by atoms with Crippen LogP contribution in [-0.2, 0) is 18.9 Å². The third-order valence-corrected chi connectivity index (χ3v) is 9.90. The molecule has 5 rings (SSSR count). The van der Waals surface area contributed by atoms with Crippen molar-refractivity contribution in [3.8, 4) is 0 Å². The zero-order valence-electron chi connectivity index (χ0n) is 25.7. The third kappa shape index (κ3) is 7.22. The van der Waals surface area contributed by atoms with Crippen molar-refractivity contribution in [3.63, 3.8) is 0 Å². The second-order valence-corrected chi connectivity index (χ2v) is 13.7. The lowest BCUT2D eigenvalue weighted by Gasteiger charge is -2.64. The number of amides is 2. The number of carbonyl (C=O) groups excluding carboxylic acids is 2. The first-order valence-electron chi connectivity index (χ1n) is 15.4. The lowest BCUT2D eigenvalue weighted by atomic mass is 9.43. The maximum Gasteiger partial charge on any atom is 0.481 e. The molecule has 230 valence electrons. The van der Waals surface area contributed by atoms with Crippen LogP contribution in [0.1, 0.15) is 79.6 Å². The Labute approximate surface area is 244 Å². The van der Waals surface area contributed by atoms with E-state index < -0.39 is 13.2 Å². The van der Waals surface area contributed by atoms with Gasteiger partial charge in [-0.2, -0.15) is 0 Å². The summed E-state index contributed by atoms with van der Waals surface area (Å²) < 4.78 is 13.3. The molecule has 3 aliphatic carbocycles. The highest BCUT2D eigenvalue weighted by Gasteiger charge is 2.68. The summed E-state index contributed by atoms with van der Waals surface area (Å²) in [5, 5.41) is 9.51. The molecule has 2 aliphatic heterocycles. The molecule has 0 aromatic rings. The van der Waals surface area contributed by atoms with Crippen LogP contribution in [-0.4, -0.2) is 80.1 Å². The number of hydrogen-bond donors (Lipinski definition) is 5. The Balaban J connectivity index is 1.43. The van der Waals surface area contributed by atoms with E-state index in [0.717, 1.165) is 38.8 Å². The van der Waals surface area contributed by atoms with Crippen LogP contribution in [0, 0.1) is 34.0 Å². The van der Waals surface area contributed by atoms with Gasteiger partial charge in [0.2, 0.25) is 24.8 Å². The summed E-state index contributed by atoms with van der Waals surface area (Å²) in [7, 11) is 0.746. The number of nitrogens with zero attached hydrogens (tertiary/aromatic N) is 2. The zero-order chi connectivity index (χ0) is 29.9. The fourth-order valence-corrected chi connectivity index (χ4v) is 7.43. The van der Waals surface area contributed by atoms with Crippen LogP contribution >= 0.6 is 0 Å². The molecule has 2 heterocycles. The summed E-state index contributed by atoms with van der Waals surface area (Å²) in [5.74, 6) is 0.576. The van der Waals surface area contributed by atoms with Gasteiger partial charge < -0.3 is 31.0 Å². The van der Waals surface area contributed by atoms with Crippen molar-refractivity contribution in [2.24, 2.45) is 39.8 Å². The average molecular weight is 577 g/mol. The molecule has 41 heavy (non-hydrogen) atoms. The normalized spacial score (nSPS) is 30.7. The molecule has 2 amide bonds. The molecule has 5 fully saturated rings. The number of nitrogens with two attached hydrogens (primary N) is 1. The number of rotatable bonds is 12. The van der Waals surface area contributed by atoms with Gasteiger partial charge in [-0.05, 0) is 88.1 Å². The molecule has 0 radical (unpaired) electrons. The number of piperidine rings is 1. The number of nitrogens with one attached hydrogen (secondary N) is 4. The Morgan fingerprint density at radius 3 is 2.51 bits per heavy atom. The highest BCUT2D eigenvalue weighted by atomic mass is 16.7. The van der Waals surface area contributed by atoms with Gasteiger partial charge in [-0.3, -0.25) is 9.59 Å². The van der Waals surface area contributed by atoms with Crippen LogP contribution < -0.4 is 27.1 Å². The van der Waals surface area contributed by atoms with Crippen molar-refractivity contribution >= 4 is 24.9 Å². The zero-order valence-corrected chi connectivity index (χ0v) is 25.7. The maximum atomic E-state index is 13.8. The average Bonchev–Trinajstić information content (AvgIpc) is 3.26. The Morgan fingerprint density at radius 1 is 1.17 bits per heavy atom. The van der Waals surface area contributed by atoms with E-state index in [2.05, 4.69) is 61.0 Å². The van der Waals surface area contributed by atoms with E-state index in [1.165, 1.54) is 7.05 Å². The predicted molar refractivity (Wildman–Crippen MR) is 157 cm³/mol. The van der Waals surface area contributed by atoms with Crippen LogP contribution in [0.25, 0.3) is 0 Å². The van der Waals surface area contributed by atoms with Crippen LogP contribution in [0.4, 0.5) is 0 Å². The lowest BCUT2D eigenvalue weighted by molar-refractivity contribution is -0.562.